The number of hydrogen-bond acceptors (Lipinski definition) is 2. The fraction of sp³-hybridized carbons (Fsp3) is 0. The van der Waals surface area contributed by atoms with Crippen LogP contribution in [0.2, 0.25) is 0 Å². The van der Waals surface area contributed by atoms with Gasteiger partial charge in [-0.1, -0.05) is 48.2 Å². The van der Waals surface area contributed by atoms with E-state index in [1.54, 1.807) is 11.8 Å². The van der Waals surface area contributed by atoms with Gasteiger partial charge in [0.1, 0.15) is 5.75 Å². The number of ether oxygens (including phenoxy) is 1. The van der Waals surface area contributed by atoms with Crippen LogP contribution >= 0.6 is 11.8 Å². The number of para-hydroxylation sites is 1. The highest BCUT2D eigenvalue weighted by Crippen LogP contribution is 2.48. The minimum atomic E-state index is 0.898. The van der Waals surface area contributed by atoms with Crippen LogP contribution in [0.5, 0.6) is 5.75 Å². The lowest BCUT2D eigenvalue weighted by atomic mass is 10.2. The maximum absolute atomic E-state index is 5.76. The summed E-state index contributed by atoms with van der Waals surface area (Å²) in [6, 6.07) is 18.2. The van der Waals surface area contributed by atoms with E-state index in [0.717, 1.165) is 11.2 Å². The summed E-state index contributed by atoms with van der Waals surface area (Å²) in [4.78, 5) is 1.29. The molecule has 2 heteroatoms. The van der Waals surface area contributed by atoms with Crippen molar-refractivity contribution in [2.24, 2.45) is 0 Å². The molecular formula is C13H9OS. The summed E-state index contributed by atoms with van der Waals surface area (Å²) in [5.74, 6) is 0.898. The zero-order valence-corrected chi connectivity index (χ0v) is 8.83. The zero-order chi connectivity index (χ0) is 10.1. The van der Waals surface area contributed by atoms with E-state index >= 15 is 0 Å². The van der Waals surface area contributed by atoms with E-state index in [1.165, 1.54) is 10.5 Å². The lowest BCUT2D eigenvalue weighted by Crippen LogP contribution is -2.13. The molecule has 0 amide bonds. The van der Waals surface area contributed by atoms with Gasteiger partial charge in [-0.05, 0) is 18.2 Å². The van der Waals surface area contributed by atoms with Gasteiger partial charge in [-0.3, -0.25) is 0 Å². The van der Waals surface area contributed by atoms with Crippen LogP contribution in [0.3, 0.4) is 0 Å². The van der Waals surface area contributed by atoms with Gasteiger partial charge < -0.3 is 4.74 Å². The number of thioether (sulfide) groups is 1. The van der Waals surface area contributed by atoms with Crippen molar-refractivity contribution in [3.8, 4) is 5.75 Å². The van der Waals surface area contributed by atoms with Crippen LogP contribution < -0.4 is 4.74 Å². The predicted molar refractivity (Wildman–Crippen MR) is 61.7 cm³/mol. The zero-order valence-electron chi connectivity index (χ0n) is 8.01. The Morgan fingerprint density at radius 1 is 0.800 bits per heavy atom. The van der Waals surface area contributed by atoms with Crippen LogP contribution in [-0.2, 0) is 0 Å². The minimum absolute atomic E-state index is 0.898. The third kappa shape index (κ3) is 1.61. The van der Waals surface area contributed by atoms with Gasteiger partial charge in [0.2, 0.25) is 5.44 Å². The Morgan fingerprint density at radius 2 is 1.53 bits per heavy atom. The van der Waals surface area contributed by atoms with E-state index in [9.17, 15) is 0 Å². The molecule has 0 aromatic heterocycles. The third-order valence-electron chi connectivity index (χ3n) is 2.26. The molecule has 15 heavy (non-hydrogen) atoms. The number of rotatable bonds is 2. The van der Waals surface area contributed by atoms with Crippen molar-refractivity contribution in [3.63, 3.8) is 0 Å². The first-order chi connectivity index (χ1) is 7.43. The van der Waals surface area contributed by atoms with E-state index in [-0.39, 0.29) is 0 Å². The van der Waals surface area contributed by atoms with Crippen molar-refractivity contribution in [3.05, 3.63) is 65.6 Å². The molecule has 0 atom stereocenters. The van der Waals surface area contributed by atoms with Gasteiger partial charge in [-0.2, -0.15) is 0 Å². The van der Waals surface area contributed by atoms with Crippen LogP contribution in [0.4, 0.5) is 0 Å². The molecule has 0 fully saturated rings. The number of fused-ring (bicyclic) bond motifs is 1. The Kier molecular flexibility index (Phi) is 2.14. The summed E-state index contributed by atoms with van der Waals surface area (Å²) in [6.07, 6.45) is 0. The Morgan fingerprint density at radius 3 is 2.33 bits per heavy atom. The van der Waals surface area contributed by atoms with Gasteiger partial charge in [0.15, 0.2) is 0 Å². The number of hydrogen-bond donors (Lipinski definition) is 0. The second-order valence-corrected chi connectivity index (χ2v) is 4.32. The van der Waals surface area contributed by atoms with Gasteiger partial charge in [-0.25, -0.2) is 0 Å². The monoisotopic (exact) mass is 213 g/mol. The third-order valence-corrected chi connectivity index (χ3v) is 3.33. The van der Waals surface area contributed by atoms with Gasteiger partial charge in [-0.15, -0.1) is 0 Å². The van der Waals surface area contributed by atoms with E-state index in [2.05, 4.69) is 12.1 Å². The summed E-state index contributed by atoms with van der Waals surface area (Å²) < 4.78 is 5.76. The summed E-state index contributed by atoms with van der Waals surface area (Å²) >= 11 is 1.69. The first-order valence-corrected chi connectivity index (χ1v) is 5.62. The van der Waals surface area contributed by atoms with E-state index in [4.69, 9.17) is 4.74 Å². The maximum Gasteiger partial charge on any atom is 0.239 e. The second kappa shape index (κ2) is 3.63. The Hall–Kier alpha value is -1.41. The van der Waals surface area contributed by atoms with Gasteiger partial charge in [0.25, 0.3) is 0 Å². The maximum atomic E-state index is 5.76. The van der Waals surface area contributed by atoms with Crippen molar-refractivity contribution in [1.82, 2.24) is 0 Å². The molecule has 0 aliphatic carbocycles. The molecule has 1 nitrogen and oxygen atoms in total. The Labute approximate surface area is 93.1 Å². The molecule has 1 radical (unpaired) electrons. The average molecular weight is 213 g/mol. The molecular weight excluding hydrogens is 204 g/mol. The highest BCUT2D eigenvalue weighted by Gasteiger charge is 2.30. The van der Waals surface area contributed by atoms with Crippen LogP contribution in [0.1, 0.15) is 5.56 Å². The molecule has 3 rings (SSSR count). The van der Waals surface area contributed by atoms with Crippen molar-refractivity contribution < 1.29 is 4.74 Å². The van der Waals surface area contributed by atoms with Gasteiger partial charge in [0.05, 0.1) is 0 Å². The normalized spacial score (nSPS) is 14.1. The average Bonchev–Trinajstić information content (AvgIpc) is 2.27. The fourth-order valence-corrected chi connectivity index (χ4v) is 2.39. The molecule has 1 aliphatic heterocycles. The summed E-state index contributed by atoms with van der Waals surface area (Å²) in [5.41, 5.74) is 2.21. The summed E-state index contributed by atoms with van der Waals surface area (Å²) in [6.45, 7) is 0. The smallest absolute Gasteiger partial charge is 0.239 e. The summed E-state index contributed by atoms with van der Waals surface area (Å²) in [5, 5.41) is 0. The molecule has 1 heterocycles. The largest absolute Gasteiger partial charge is 0.466 e. The second-order valence-electron chi connectivity index (χ2n) is 3.30. The highest BCUT2D eigenvalue weighted by molar-refractivity contribution is 8.03. The molecule has 0 spiro atoms. The molecule has 2 aromatic rings. The van der Waals surface area contributed by atoms with E-state index in [0.29, 0.717) is 0 Å². The van der Waals surface area contributed by atoms with Crippen molar-refractivity contribution in [2.75, 3.05) is 0 Å². The Balaban J connectivity index is 1.79. The minimum Gasteiger partial charge on any atom is -0.466 e. The fourth-order valence-electron chi connectivity index (χ4n) is 1.50. The SMILES string of the molecule is c1ccc(O[C]2Sc3ccccc32)cc1. The molecule has 0 saturated heterocycles. The first-order valence-electron chi connectivity index (χ1n) is 4.80. The molecule has 1 aliphatic rings. The van der Waals surface area contributed by atoms with Crippen molar-refractivity contribution in [1.29, 1.82) is 0 Å². The quantitative estimate of drug-likeness (QED) is 0.752. The molecule has 0 unspecified atom stereocenters. The topological polar surface area (TPSA) is 9.23 Å². The van der Waals surface area contributed by atoms with Crippen LogP contribution in [0, 0.1) is 5.44 Å². The molecule has 2 aromatic carbocycles. The van der Waals surface area contributed by atoms with Crippen molar-refractivity contribution in [2.45, 2.75) is 4.90 Å². The van der Waals surface area contributed by atoms with Gasteiger partial charge in [0, 0.05) is 10.5 Å². The highest BCUT2D eigenvalue weighted by atomic mass is 32.2. The lowest BCUT2D eigenvalue weighted by molar-refractivity contribution is 0.399. The van der Waals surface area contributed by atoms with Crippen LogP contribution in [0.25, 0.3) is 0 Å². The standard InChI is InChI=1S/C13H9OS/c1-2-6-10(7-3-1)14-13-11-8-4-5-9-12(11)15-13/h1-9H. The van der Waals surface area contributed by atoms with Crippen LogP contribution in [0.15, 0.2) is 59.5 Å². The van der Waals surface area contributed by atoms with Gasteiger partial charge >= 0.3 is 0 Å². The lowest BCUT2D eigenvalue weighted by Gasteiger charge is -2.27. The van der Waals surface area contributed by atoms with Crippen molar-refractivity contribution >= 4 is 11.8 Å². The molecule has 0 bridgehead atoms. The van der Waals surface area contributed by atoms with E-state index in [1.807, 2.05) is 42.5 Å². The van der Waals surface area contributed by atoms with E-state index < -0.39 is 0 Å². The molecule has 73 valence electrons. The molecule has 0 saturated carbocycles. The molecule has 0 N–H and O–H groups in total. The van der Waals surface area contributed by atoms with Crippen LogP contribution in [-0.4, -0.2) is 0 Å². The first kappa shape index (κ1) is 8.86. The Bertz CT molecular complexity index is 467. The number of benzene rings is 2. The summed E-state index contributed by atoms with van der Waals surface area (Å²) in [7, 11) is 0. The predicted octanol–water partition coefficient (Wildman–Crippen LogP) is 3.71.